The van der Waals surface area contributed by atoms with Crippen molar-refractivity contribution < 1.29 is 19.1 Å². The standard InChI is InChI=1S/C21H23NO4/c1-4-25-19-11-9-18(10-12-19)22-21(24)16(3)26-20(23)13-8-17-7-5-6-15(2)14-17/h5-14,16H,4H2,1-3H3,(H,22,24)/b13-8+/t16-/m1/s1. The van der Waals surface area contributed by atoms with Crippen molar-refractivity contribution in [2.75, 3.05) is 11.9 Å². The predicted molar refractivity (Wildman–Crippen MR) is 102 cm³/mol. The van der Waals surface area contributed by atoms with Crippen LogP contribution < -0.4 is 10.1 Å². The molecular formula is C21H23NO4. The number of hydrogen-bond acceptors (Lipinski definition) is 4. The summed E-state index contributed by atoms with van der Waals surface area (Å²) in [6.07, 6.45) is 2.07. The number of nitrogens with one attached hydrogen (secondary N) is 1. The molecule has 0 aliphatic rings. The molecule has 1 N–H and O–H groups in total. The average molecular weight is 353 g/mol. The maximum Gasteiger partial charge on any atom is 0.331 e. The van der Waals surface area contributed by atoms with Crippen LogP contribution in [0.15, 0.2) is 54.6 Å². The van der Waals surface area contributed by atoms with E-state index in [0.29, 0.717) is 12.3 Å². The minimum atomic E-state index is -0.906. The van der Waals surface area contributed by atoms with Crippen LogP contribution in [-0.4, -0.2) is 24.6 Å². The minimum absolute atomic E-state index is 0.397. The summed E-state index contributed by atoms with van der Waals surface area (Å²) in [5.74, 6) is -0.237. The molecule has 0 bridgehead atoms. The van der Waals surface area contributed by atoms with Crippen LogP contribution in [0.25, 0.3) is 6.08 Å². The Morgan fingerprint density at radius 3 is 2.54 bits per heavy atom. The van der Waals surface area contributed by atoms with E-state index in [9.17, 15) is 9.59 Å². The third kappa shape index (κ3) is 6.09. The van der Waals surface area contributed by atoms with Gasteiger partial charge in [0.25, 0.3) is 5.91 Å². The van der Waals surface area contributed by atoms with Gasteiger partial charge in [0.05, 0.1) is 6.61 Å². The van der Waals surface area contributed by atoms with Gasteiger partial charge in [0.1, 0.15) is 5.75 Å². The molecule has 1 amide bonds. The first-order chi connectivity index (χ1) is 12.5. The Balaban J connectivity index is 1.86. The number of amides is 1. The van der Waals surface area contributed by atoms with Crippen molar-refractivity contribution in [3.63, 3.8) is 0 Å². The number of ether oxygens (including phenoxy) is 2. The fourth-order valence-electron chi connectivity index (χ4n) is 2.25. The van der Waals surface area contributed by atoms with Crippen molar-refractivity contribution in [2.45, 2.75) is 26.9 Å². The second kappa shape index (κ2) is 9.42. The van der Waals surface area contributed by atoms with E-state index < -0.39 is 18.0 Å². The van der Waals surface area contributed by atoms with Crippen molar-refractivity contribution in [3.8, 4) is 5.75 Å². The van der Waals surface area contributed by atoms with E-state index in [0.717, 1.165) is 16.9 Å². The maximum absolute atomic E-state index is 12.1. The summed E-state index contributed by atoms with van der Waals surface area (Å²) in [5, 5.41) is 2.70. The van der Waals surface area contributed by atoms with E-state index in [4.69, 9.17) is 9.47 Å². The molecule has 0 radical (unpaired) electrons. The minimum Gasteiger partial charge on any atom is -0.494 e. The third-order valence-electron chi connectivity index (χ3n) is 3.55. The van der Waals surface area contributed by atoms with Crippen molar-refractivity contribution in [1.82, 2.24) is 0 Å². The largest absolute Gasteiger partial charge is 0.494 e. The van der Waals surface area contributed by atoms with Crippen LogP contribution in [0.3, 0.4) is 0 Å². The molecule has 136 valence electrons. The monoisotopic (exact) mass is 353 g/mol. The molecule has 0 aliphatic heterocycles. The quantitative estimate of drug-likeness (QED) is 0.604. The normalized spacial score (nSPS) is 11.8. The molecule has 2 aromatic carbocycles. The van der Waals surface area contributed by atoms with Gasteiger partial charge in [-0.05, 0) is 56.7 Å². The Kier molecular flexibility index (Phi) is 6.97. The third-order valence-corrected chi connectivity index (χ3v) is 3.55. The summed E-state index contributed by atoms with van der Waals surface area (Å²) >= 11 is 0. The van der Waals surface area contributed by atoms with E-state index in [1.165, 1.54) is 13.0 Å². The van der Waals surface area contributed by atoms with E-state index in [2.05, 4.69) is 5.32 Å². The van der Waals surface area contributed by atoms with Crippen LogP contribution in [0.5, 0.6) is 5.75 Å². The highest BCUT2D eigenvalue weighted by Gasteiger charge is 2.16. The zero-order valence-corrected chi connectivity index (χ0v) is 15.2. The lowest BCUT2D eigenvalue weighted by Gasteiger charge is -2.12. The predicted octanol–water partition coefficient (Wildman–Crippen LogP) is 3.98. The number of anilines is 1. The molecule has 26 heavy (non-hydrogen) atoms. The Hall–Kier alpha value is -3.08. The van der Waals surface area contributed by atoms with Gasteiger partial charge in [-0.15, -0.1) is 0 Å². The van der Waals surface area contributed by atoms with Gasteiger partial charge in [0, 0.05) is 11.8 Å². The number of carbonyl (C=O) groups is 2. The van der Waals surface area contributed by atoms with E-state index in [1.807, 2.05) is 38.1 Å². The Morgan fingerprint density at radius 1 is 1.15 bits per heavy atom. The van der Waals surface area contributed by atoms with Crippen LogP contribution in [0.2, 0.25) is 0 Å². The second-order valence-corrected chi connectivity index (χ2v) is 5.77. The molecule has 0 heterocycles. The summed E-state index contributed by atoms with van der Waals surface area (Å²) in [5.41, 5.74) is 2.61. The molecule has 2 aromatic rings. The zero-order chi connectivity index (χ0) is 18.9. The SMILES string of the molecule is CCOc1ccc(NC(=O)[C@@H](C)OC(=O)/C=C/c2cccc(C)c2)cc1. The summed E-state index contributed by atoms with van der Waals surface area (Å²) in [6, 6.07) is 14.7. The second-order valence-electron chi connectivity index (χ2n) is 5.77. The highest BCUT2D eigenvalue weighted by atomic mass is 16.5. The molecule has 5 nitrogen and oxygen atoms in total. The van der Waals surface area contributed by atoms with Gasteiger partial charge < -0.3 is 14.8 Å². The molecule has 0 fully saturated rings. The lowest BCUT2D eigenvalue weighted by atomic mass is 10.1. The van der Waals surface area contributed by atoms with Gasteiger partial charge in [-0.25, -0.2) is 4.79 Å². The molecule has 0 saturated carbocycles. The average Bonchev–Trinajstić information content (AvgIpc) is 2.62. The van der Waals surface area contributed by atoms with Crippen molar-refractivity contribution in [2.24, 2.45) is 0 Å². The number of esters is 1. The molecule has 0 aromatic heterocycles. The van der Waals surface area contributed by atoms with Gasteiger partial charge in [0.2, 0.25) is 0 Å². The van der Waals surface area contributed by atoms with E-state index in [1.54, 1.807) is 30.3 Å². The molecule has 0 unspecified atom stereocenters. The molecular weight excluding hydrogens is 330 g/mol. The lowest BCUT2D eigenvalue weighted by Crippen LogP contribution is -2.29. The fraction of sp³-hybridized carbons (Fsp3) is 0.238. The molecule has 1 atom stereocenters. The van der Waals surface area contributed by atoms with Crippen molar-refractivity contribution in [3.05, 3.63) is 65.7 Å². The summed E-state index contributed by atoms with van der Waals surface area (Å²) in [6.45, 7) is 5.99. The van der Waals surface area contributed by atoms with Gasteiger partial charge in [-0.3, -0.25) is 4.79 Å². The first-order valence-corrected chi connectivity index (χ1v) is 8.47. The van der Waals surface area contributed by atoms with E-state index >= 15 is 0 Å². The molecule has 2 rings (SSSR count). The highest BCUT2D eigenvalue weighted by Crippen LogP contribution is 2.16. The van der Waals surface area contributed by atoms with Gasteiger partial charge in [-0.2, -0.15) is 0 Å². The smallest absolute Gasteiger partial charge is 0.331 e. The number of benzene rings is 2. The summed E-state index contributed by atoms with van der Waals surface area (Å²) in [7, 11) is 0. The molecule has 0 saturated heterocycles. The van der Waals surface area contributed by atoms with Crippen LogP contribution >= 0.6 is 0 Å². The van der Waals surface area contributed by atoms with Crippen LogP contribution in [0.4, 0.5) is 5.69 Å². The van der Waals surface area contributed by atoms with Crippen molar-refractivity contribution >= 4 is 23.6 Å². The first-order valence-electron chi connectivity index (χ1n) is 8.47. The lowest BCUT2D eigenvalue weighted by molar-refractivity contribution is -0.148. The number of carbonyl (C=O) groups excluding carboxylic acids is 2. The highest BCUT2D eigenvalue weighted by molar-refractivity contribution is 5.96. The number of rotatable bonds is 7. The van der Waals surface area contributed by atoms with Crippen LogP contribution in [0, 0.1) is 6.92 Å². The Morgan fingerprint density at radius 2 is 1.88 bits per heavy atom. The van der Waals surface area contributed by atoms with Crippen LogP contribution in [0.1, 0.15) is 25.0 Å². The summed E-state index contributed by atoms with van der Waals surface area (Å²) in [4.78, 5) is 24.0. The van der Waals surface area contributed by atoms with Crippen LogP contribution in [-0.2, 0) is 14.3 Å². The van der Waals surface area contributed by atoms with Gasteiger partial charge in [0.15, 0.2) is 6.10 Å². The van der Waals surface area contributed by atoms with Gasteiger partial charge >= 0.3 is 5.97 Å². The maximum atomic E-state index is 12.1. The van der Waals surface area contributed by atoms with E-state index in [-0.39, 0.29) is 0 Å². The first kappa shape index (κ1) is 19.2. The number of aryl methyl sites for hydroxylation is 1. The molecule has 0 spiro atoms. The fourth-order valence-corrected chi connectivity index (χ4v) is 2.25. The Bertz CT molecular complexity index is 781. The Labute approximate surface area is 153 Å². The number of hydrogen-bond donors (Lipinski definition) is 1. The molecule has 5 heteroatoms. The van der Waals surface area contributed by atoms with Crippen molar-refractivity contribution in [1.29, 1.82) is 0 Å². The van der Waals surface area contributed by atoms with Gasteiger partial charge in [-0.1, -0.05) is 29.8 Å². The zero-order valence-electron chi connectivity index (χ0n) is 15.2. The topological polar surface area (TPSA) is 64.6 Å². The molecule has 0 aliphatic carbocycles. The summed E-state index contributed by atoms with van der Waals surface area (Å²) < 4.78 is 10.5.